The lowest BCUT2D eigenvalue weighted by Gasteiger charge is -2.15. The van der Waals surface area contributed by atoms with E-state index in [1.54, 1.807) is 11.9 Å². The number of H-pyrrole nitrogens is 2. The van der Waals surface area contributed by atoms with Crippen molar-refractivity contribution in [1.29, 1.82) is 0 Å². The number of nitrogens with one attached hydrogen (secondary N) is 2. The van der Waals surface area contributed by atoms with Crippen molar-refractivity contribution >= 4 is 16.8 Å². The van der Waals surface area contributed by atoms with Crippen molar-refractivity contribution in [3.05, 3.63) is 47.7 Å². The normalized spacial score (nSPS) is 10.9. The number of aromatic amines is 2. The molecule has 0 unspecified atom stereocenters. The van der Waals surface area contributed by atoms with Crippen LogP contribution in [0.2, 0.25) is 0 Å². The van der Waals surface area contributed by atoms with E-state index in [0.717, 1.165) is 16.6 Å². The van der Waals surface area contributed by atoms with E-state index in [-0.39, 0.29) is 5.91 Å². The van der Waals surface area contributed by atoms with Gasteiger partial charge in [-0.2, -0.15) is 5.10 Å². The number of carbonyl (C=O) groups excluding carboxylic acids is 1. The number of fused-ring (bicyclic) bond motifs is 1. The molecule has 20 heavy (non-hydrogen) atoms. The minimum absolute atomic E-state index is 0.0312. The Bertz CT molecular complexity index is 744. The van der Waals surface area contributed by atoms with Crippen LogP contribution in [0.5, 0.6) is 0 Å². The Morgan fingerprint density at radius 3 is 2.90 bits per heavy atom. The monoisotopic (exact) mass is 269 g/mol. The molecule has 6 nitrogen and oxygen atoms in total. The van der Waals surface area contributed by atoms with Crippen molar-refractivity contribution in [3.63, 3.8) is 0 Å². The Hall–Kier alpha value is -2.63. The second-order valence-corrected chi connectivity index (χ2v) is 4.76. The van der Waals surface area contributed by atoms with Crippen molar-refractivity contribution in [2.45, 2.75) is 13.5 Å². The fraction of sp³-hybridized carbons (Fsp3) is 0.214. The fourth-order valence-corrected chi connectivity index (χ4v) is 2.35. The van der Waals surface area contributed by atoms with E-state index in [4.69, 9.17) is 0 Å². The number of para-hydroxylation sites is 1. The maximum absolute atomic E-state index is 12.6. The minimum atomic E-state index is -0.0312. The lowest BCUT2D eigenvalue weighted by Crippen LogP contribution is -2.27. The van der Waals surface area contributed by atoms with Gasteiger partial charge in [0.05, 0.1) is 12.1 Å². The van der Waals surface area contributed by atoms with E-state index in [1.807, 2.05) is 31.2 Å². The predicted octanol–water partition coefficient (Wildman–Crippen LogP) is 1.87. The van der Waals surface area contributed by atoms with Gasteiger partial charge >= 0.3 is 0 Å². The molecule has 1 aromatic carbocycles. The zero-order valence-corrected chi connectivity index (χ0v) is 11.3. The molecule has 0 aliphatic carbocycles. The molecule has 2 aromatic heterocycles. The molecule has 0 aliphatic heterocycles. The van der Waals surface area contributed by atoms with Gasteiger partial charge in [0, 0.05) is 23.6 Å². The molecule has 1 amide bonds. The first kappa shape index (κ1) is 12.4. The molecule has 2 heterocycles. The molecular weight excluding hydrogens is 254 g/mol. The average molecular weight is 269 g/mol. The molecule has 0 aliphatic rings. The van der Waals surface area contributed by atoms with Crippen LogP contribution in [0.25, 0.3) is 10.9 Å². The Morgan fingerprint density at radius 2 is 2.15 bits per heavy atom. The van der Waals surface area contributed by atoms with Gasteiger partial charge in [-0.25, -0.2) is 4.98 Å². The van der Waals surface area contributed by atoms with Crippen molar-refractivity contribution in [2.75, 3.05) is 7.05 Å². The van der Waals surface area contributed by atoms with Gasteiger partial charge < -0.3 is 9.88 Å². The summed E-state index contributed by atoms with van der Waals surface area (Å²) in [5.74, 6) is 0.634. The van der Waals surface area contributed by atoms with Crippen LogP contribution in [0, 0.1) is 6.92 Å². The Morgan fingerprint density at radius 1 is 1.35 bits per heavy atom. The predicted molar refractivity (Wildman–Crippen MR) is 75.2 cm³/mol. The van der Waals surface area contributed by atoms with Gasteiger partial charge in [0.15, 0.2) is 0 Å². The third-order valence-corrected chi connectivity index (χ3v) is 3.31. The quantitative estimate of drug-likeness (QED) is 0.762. The molecule has 6 heteroatoms. The fourth-order valence-electron chi connectivity index (χ4n) is 2.35. The molecule has 2 N–H and O–H groups in total. The maximum Gasteiger partial charge on any atom is 0.256 e. The number of aryl methyl sites for hydroxylation is 1. The molecule has 102 valence electrons. The summed E-state index contributed by atoms with van der Waals surface area (Å²) >= 11 is 0. The molecule has 0 fully saturated rings. The lowest BCUT2D eigenvalue weighted by atomic mass is 10.1. The summed E-state index contributed by atoms with van der Waals surface area (Å²) in [7, 11) is 1.76. The third-order valence-electron chi connectivity index (χ3n) is 3.31. The topological polar surface area (TPSA) is 77.7 Å². The summed E-state index contributed by atoms with van der Waals surface area (Å²) in [6, 6.07) is 7.80. The Kier molecular flexibility index (Phi) is 2.98. The molecule has 3 rings (SSSR count). The summed E-state index contributed by atoms with van der Waals surface area (Å²) in [6.07, 6.45) is 1.44. The number of carbonyl (C=O) groups is 1. The molecule has 0 atom stereocenters. The van der Waals surface area contributed by atoms with E-state index in [9.17, 15) is 4.79 Å². The van der Waals surface area contributed by atoms with Gasteiger partial charge in [-0.3, -0.25) is 9.89 Å². The number of amides is 1. The standard InChI is InChI=1S/C14H15N5O/c1-9-13(10-5-3-4-6-11(10)17-9)14(20)19(2)7-12-15-8-16-18-12/h3-6,8,17H,7H2,1-2H3,(H,15,16,18). The zero-order chi connectivity index (χ0) is 14.1. The first-order chi connectivity index (χ1) is 9.66. The highest BCUT2D eigenvalue weighted by Gasteiger charge is 2.19. The van der Waals surface area contributed by atoms with Crippen LogP contribution in [-0.4, -0.2) is 38.0 Å². The smallest absolute Gasteiger partial charge is 0.256 e. The second-order valence-electron chi connectivity index (χ2n) is 4.76. The molecule has 0 saturated carbocycles. The van der Waals surface area contributed by atoms with E-state index in [2.05, 4.69) is 20.2 Å². The van der Waals surface area contributed by atoms with Gasteiger partial charge in [-0.05, 0) is 13.0 Å². The van der Waals surface area contributed by atoms with Crippen LogP contribution in [0.4, 0.5) is 0 Å². The first-order valence-corrected chi connectivity index (χ1v) is 6.34. The van der Waals surface area contributed by atoms with E-state index >= 15 is 0 Å². The lowest BCUT2D eigenvalue weighted by molar-refractivity contribution is 0.0783. The molecule has 0 bridgehead atoms. The molecule has 0 saturated heterocycles. The van der Waals surface area contributed by atoms with E-state index in [0.29, 0.717) is 17.9 Å². The highest BCUT2D eigenvalue weighted by molar-refractivity contribution is 6.07. The summed E-state index contributed by atoms with van der Waals surface area (Å²) in [5.41, 5.74) is 2.56. The van der Waals surface area contributed by atoms with Crippen molar-refractivity contribution in [3.8, 4) is 0 Å². The Labute approximate surface area is 115 Å². The van der Waals surface area contributed by atoms with Gasteiger partial charge in [0.1, 0.15) is 12.2 Å². The number of hydrogen-bond acceptors (Lipinski definition) is 3. The third kappa shape index (κ3) is 2.05. The van der Waals surface area contributed by atoms with Crippen LogP contribution in [0.15, 0.2) is 30.6 Å². The molecular formula is C14H15N5O. The summed E-state index contributed by atoms with van der Waals surface area (Å²) < 4.78 is 0. The van der Waals surface area contributed by atoms with Crippen LogP contribution < -0.4 is 0 Å². The zero-order valence-electron chi connectivity index (χ0n) is 11.3. The molecule has 3 aromatic rings. The van der Waals surface area contributed by atoms with Gasteiger partial charge in [0.2, 0.25) is 0 Å². The first-order valence-electron chi connectivity index (χ1n) is 6.34. The van der Waals surface area contributed by atoms with E-state index < -0.39 is 0 Å². The van der Waals surface area contributed by atoms with Gasteiger partial charge in [0.25, 0.3) is 5.91 Å². The van der Waals surface area contributed by atoms with Crippen LogP contribution in [0.3, 0.4) is 0 Å². The number of nitrogens with zero attached hydrogens (tertiary/aromatic N) is 3. The SMILES string of the molecule is Cc1[nH]c2ccccc2c1C(=O)N(C)Cc1ncn[nH]1. The number of aromatic nitrogens is 4. The van der Waals surface area contributed by atoms with Crippen LogP contribution in [0.1, 0.15) is 21.9 Å². The summed E-state index contributed by atoms with van der Waals surface area (Å²) in [4.78, 5) is 21.5. The van der Waals surface area contributed by atoms with Gasteiger partial charge in [-0.1, -0.05) is 18.2 Å². The van der Waals surface area contributed by atoms with Gasteiger partial charge in [-0.15, -0.1) is 0 Å². The highest BCUT2D eigenvalue weighted by atomic mass is 16.2. The van der Waals surface area contributed by atoms with Crippen molar-refractivity contribution in [1.82, 2.24) is 25.1 Å². The second kappa shape index (κ2) is 4.80. The van der Waals surface area contributed by atoms with E-state index in [1.165, 1.54) is 6.33 Å². The van der Waals surface area contributed by atoms with Crippen molar-refractivity contribution in [2.24, 2.45) is 0 Å². The molecule has 0 radical (unpaired) electrons. The average Bonchev–Trinajstić information content (AvgIpc) is 3.04. The maximum atomic E-state index is 12.6. The number of benzene rings is 1. The minimum Gasteiger partial charge on any atom is -0.358 e. The van der Waals surface area contributed by atoms with Crippen molar-refractivity contribution < 1.29 is 4.79 Å². The van der Waals surface area contributed by atoms with Crippen LogP contribution in [-0.2, 0) is 6.54 Å². The Balaban J connectivity index is 1.94. The summed E-state index contributed by atoms with van der Waals surface area (Å²) in [5, 5.41) is 7.49. The largest absolute Gasteiger partial charge is 0.358 e. The number of rotatable bonds is 3. The summed E-state index contributed by atoms with van der Waals surface area (Å²) in [6.45, 7) is 2.31. The highest BCUT2D eigenvalue weighted by Crippen LogP contribution is 2.23. The number of hydrogen-bond donors (Lipinski definition) is 2. The molecule has 0 spiro atoms. The van der Waals surface area contributed by atoms with Crippen LogP contribution >= 0.6 is 0 Å².